The van der Waals surface area contributed by atoms with Crippen molar-refractivity contribution >= 4 is 52.7 Å². The Morgan fingerprint density at radius 3 is 2.34 bits per heavy atom. The molecule has 4 aromatic rings. The highest BCUT2D eigenvalue weighted by atomic mass is 35.5. The van der Waals surface area contributed by atoms with Crippen molar-refractivity contribution in [3.63, 3.8) is 0 Å². The van der Waals surface area contributed by atoms with Crippen LogP contribution in [0.15, 0.2) is 84.7 Å². The van der Waals surface area contributed by atoms with Crippen LogP contribution < -0.4 is 10.6 Å². The van der Waals surface area contributed by atoms with Gasteiger partial charge in [-0.05, 0) is 55.0 Å². The lowest BCUT2D eigenvalue weighted by atomic mass is 10.1. The molecule has 1 heterocycles. The molecule has 4 rings (SSSR count). The van der Waals surface area contributed by atoms with Crippen molar-refractivity contribution in [3.05, 3.63) is 111 Å². The Balaban J connectivity index is 1.78. The van der Waals surface area contributed by atoms with Crippen LogP contribution in [0.25, 0.3) is 23.0 Å². The largest absolute Gasteiger partial charge is 0.351 e. The average molecular weight is 568 g/mol. The molecular formula is C29H25Cl3N4O2. The minimum atomic E-state index is -0.535. The lowest BCUT2D eigenvalue weighted by Gasteiger charge is -2.12. The van der Waals surface area contributed by atoms with Gasteiger partial charge in [0, 0.05) is 33.9 Å². The highest BCUT2D eigenvalue weighted by Gasteiger charge is 2.19. The fourth-order valence-corrected chi connectivity index (χ4v) is 4.31. The second-order valence-electron chi connectivity index (χ2n) is 8.47. The number of rotatable bonds is 9. The van der Waals surface area contributed by atoms with Gasteiger partial charge in [-0.2, -0.15) is 5.10 Å². The van der Waals surface area contributed by atoms with Crippen LogP contribution in [0, 0.1) is 0 Å². The molecule has 0 radical (unpaired) electrons. The molecule has 3 aromatic carbocycles. The summed E-state index contributed by atoms with van der Waals surface area (Å²) in [6, 6.07) is 21.4. The number of aromatic nitrogens is 2. The number of hydrogen-bond donors (Lipinski definition) is 2. The van der Waals surface area contributed by atoms with Crippen molar-refractivity contribution in [2.45, 2.75) is 19.8 Å². The summed E-state index contributed by atoms with van der Waals surface area (Å²) in [5, 5.41) is 11.6. The molecule has 194 valence electrons. The summed E-state index contributed by atoms with van der Waals surface area (Å²) in [5.41, 5.74) is 3.13. The van der Waals surface area contributed by atoms with Gasteiger partial charge in [0.25, 0.3) is 11.8 Å². The molecule has 0 aliphatic heterocycles. The zero-order valence-electron chi connectivity index (χ0n) is 20.5. The first-order valence-electron chi connectivity index (χ1n) is 12.0. The molecule has 0 unspecified atom stereocenters. The van der Waals surface area contributed by atoms with Crippen LogP contribution in [0.3, 0.4) is 0 Å². The van der Waals surface area contributed by atoms with E-state index < -0.39 is 11.8 Å². The molecule has 0 atom stereocenters. The molecule has 1 aromatic heterocycles. The maximum atomic E-state index is 13.2. The van der Waals surface area contributed by atoms with Gasteiger partial charge < -0.3 is 10.6 Å². The molecule has 0 saturated heterocycles. The van der Waals surface area contributed by atoms with Crippen molar-refractivity contribution in [2.24, 2.45) is 0 Å². The van der Waals surface area contributed by atoms with Gasteiger partial charge in [-0.1, -0.05) is 78.5 Å². The van der Waals surface area contributed by atoms with Crippen LogP contribution in [0.5, 0.6) is 0 Å². The normalized spacial score (nSPS) is 11.3. The van der Waals surface area contributed by atoms with E-state index in [1.54, 1.807) is 35.2 Å². The number of unbranched alkanes of at least 4 members (excludes halogenated alkanes) is 1. The van der Waals surface area contributed by atoms with Gasteiger partial charge in [0.1, 0.15) is 11.4 Å². The van der Waals surface area contributed by atoms with Crippen molar-refractivity contribution in [1.82, 2.24) is 20.4 Å². The molecule has 0 aliphatic carbocycles. The van der Waals surface area contributed by atoms with Crippen molar-refractivity contribution < 1.29 is 9.59 Å². The van der Waals surface area contributed by atoms with Gasteiger partial charge in [0.2, 0.25) is 0 Å². The van der Waals surface area contributed by atoms with Gasteiger partial charge in [0.15, 0.2) is 0 Å². The summed E-state index contributed by atoms with van der Waals surface area (Å²) in [6.45, 7) is 2.50. The Bertz CT molecular complexity index is 1470. The number of amides is 2. The van der Waals surface area contributed by atoms with E-state index in [0.717, 1.165) is 24.1 Å². The average Bonchev–Trinajstić information content (AvgIpc) is 3.33. The first-order chi connectivity index (χ1) is 18.4. The third-order valence-corrected chi connectivity index (χ3v) is 6.47. The monoisotopic (exact) mass is 566 g/mol. The lowest BCUT2D eigenvalue weighted by molar-refractivity contribution is -0.117. The maximum Gasteiger partial charge on any atom is 0.267 e. The molecule has 2 amide bonds. The van der Waals surface area contributed by atoms with Gasteiger partial charge in [-0.3, -0.25) is 9.59 Å². The first-order valence-corrected chi connectivity index (χ1v) is 13.2. The standard InChI is InChI=1S/C29H25Cl3N4O2/c1-2-3-15-33-29(38)26(34-28(37)24-14-13-22(31)17-25(24)32)16-20-18-36(23-7-5-4-6-8-23)35-27(20)19-9-11-21(30)12-10-19/h4-14,16-18H,2-3,15H2,1H3,(H,33,38)(H,34,37). The molecular weight excluding hydrogens is 543 g/mol. The number of carbonyl (C=O) groups excluding carboxylic acids is 2. The lowest BCUT2D eigenvalue weighted by Crippen LogP contribution is -2.35. The van der Waals surface area contributed by atoms with Crippen molar-refractivity contribution in [1.29, 1.82) is 0 Å². The number of nitrogens with zero attached hydrogens (tertiary/aromatic N) is 2. The summed E-state index contributed by atoms with van der Waals surface area (Å²) in [7, 11) is 0. The van der Waals surface area contributed by atoms with Crippen LogP contribution in [0.1, 0.15) is 35.7 Å². The topological polar surface area (TPSA) is 76.0 Å². The van der Waals surface area contributed by atoms with Gasteiger partial charge in [-0.25, -0.2) is 4.68 Å². The Labute approximate surface area is 236 Å². The Hall–Kier alpha value is -3.58. The van der Waals surface area contributed by atoms with Gasteiger partial charge >= 0.3 is 0 Å². The molecule has 6 nitrogen and oxygen atoms in total. The number of halogens is 3. The van der Waals surface area contributed by atoms with E-state index in [1.165, 1.54) is 12.1 Å². The van der Waals surface area contributed by atoms with E-state index >= 15 is 0 Å². The smallest absolute Gasteiger partial charge is 0.267 e. The van der Waals surface area contributed by atoms with Crippen molar-refractivity contribution in [3.8, 4) is 16.9 Å². The predicted molar refractivity (Wildman–Crippen MR) is 154 cm³/mol. The number of carbonyl (C=O) groups is 2. The zero-order chi connectivity index (χ0) is 27.1. The minimum Gasteiger partial charge on any atom is -0.351 e. The fraction of sp³-hybridized carbons (Fsp3) is 0.138. The third kappa shape index (κ3) is 6.84. The molecule has 38 heavy (non-hydrogen) atoms. The quantitative estimate of drug-likeness (QED) is 0.166. The van der Waals surface area contributed by atoms with E-state index in [2.05, 4.69) is 10.6 Å². The Kier molecular flexibility index (Phi) is 9.24. The van der Waals surface area contributed by atoms with Crippen LogP contribution in [0.2, 0.25) is 15.1 Å². The summed E-state index contributed by atoms with van der Waals surface area (Å²) < 4.78 is 1.72. The number of para-hydroxylation sites is 1. The van der Waals surface area contributed by atoms with Crippen LogP contribution >= 0.6 is 34.8 Å². The van der Waals surface area contributed by atoms with E-state index in [0.29, 0.717) is 27.8 Å². The Morgan fingerprint density at radius 1 is 0.947 bits per heavy atom. The van der Waals surface area contributed by atoms with Crippen LogP contribution in [-0.4, -0.2) is 28.1 Å². The number of hydrogen-bond acceptors (Lipinski definition) is 3. The highest BCUT2D eigenvalue weighted by Crippen LogP contribution is 2.27. The van der Waals surface area contributed by atoms with Crippen LogP contribution in [0.4, 0.5) is 0 Å². The maximum absolute atomic E-state index is 13.2. The van der Waals surface area contributed by atoms with E-state index in [4.69, 9.17) is 39.9 Å². The summed E-state index contributed by atoms with van der Waals surface area (Å²) in [5.74, 6) is -0.960. The SMILES string of the molecule is CCCCNC(=O)C(=Cc1cn(-c2ccccc2)nc1-c1ccc(Cl)cc1)NC(=O)c1ccc(Cl)cc1Cl. The predicted octanol–water partition coefficient (Wildman–Crippen LogP) is 7.19. The molecule has 9 heteroatoms. The van der Waals surface area contributed by atoms with Gasteiger partial charge in [0.05, 0.1) is 16.3 Å². The second kappa shape index (κ2) is 12.8. The van der Waals surface area contributed by atoms with Crippen LogP contribution in [-0.2, 0) is 4.79 Å². The molecule has 0 saturated carbocycles. The molecule has 0 spiro atoms. The van der Waals surface area contributed by atoms with Gasteiger partial charge in [-0.15, -0.1) is 0 Å². The molecule has 0 fully saturated rings. The summed E-state index contributed by atoms with van der Waals surface area (Å²) in [6.07, 6.45) is 5.13. The fourth-order valence-electron chi connectivity index (χ4n) is 3.69. The Morgan fingerprint density at radius 2 is 1.66 bits per heavy atom. The number of benzene rings is 3. The van der Waals surface area contributed by atoms with Crippen molar-refractivity contribution in [2.75, 3.05) is 6.54 Å². The highest BCUT2D eigenvalue weighted by molar-refractivity contribution is 6.36. The molecule has 2 N–H and O–H groups in total. The summed E-state index contributed by atoms with van der Waals surface area (Å²) >= 11 is 18.3. The van der Waals surface area contributed by atoms with E-state index in [-0.39, 0.29) is 16.3 Å². The zero-order valence-corrected chi connectivity index (χ0v) is 22.8. The number of nitrogens with one attached hydrogen (secondary N) is 2. The van der Waals surface area contributed by atoms with E-state index in [9.17, 15) is 9.59 Å². The second-order valence-corrected chi connectivity index (χ2v) is 9.75. The third-order valence-electron chi connectivity index (χ3n) is 5.67. The molecule has 0 bridgehead atoms. The van der Waals surface area contributed by atoms with E-state index in [1.807, 2.05) is 49.4 Å². The summed E-state index contributed by atoms with van der Waals surface area (Å²) in [4.78, 5) is 26.3. The molecule has 0 aliphatic rings. The minimum absolute atomic E-state index is 0.0555. The first kappa shape index (κ1) is 27.5.